The molecule has 0 aliphatic rings. The van der Waals surface area contributed by atoms with Crippen LogP contribution in [0, 0.1) is 0 Å². The van der Waals surface area contributed by atoms with E-state index in [1.165, 1.54) is 5.56 Å². The molecule has 2 heterocycles. The molecule has 102 valence electrons. The van der Waals surface area contributed by atoms with Crippen molar-refractivity contribution < 1.29 is 0 Å². The molecule has 0 saturated carbocycles. The van der Waals surface area contributed by atoms with Crippen LogP contribution in [0.5, 0.6) is 0 Å². The lowest BCUT2D eigenvalue weighted by Gasteiger charge is -2.24. The van der Waals surface area contributed by atoms with Gasteiger partial charge in [-0.2, -0.15) is 0 Å². The summed E-state index contributed by atoms with van der Waals surface area (Å²) in [4.78, 5) is 11.7. The van der Waals surface area contributed by atoms with Crippen molar-refractivity contribution in [3.8, 4) is 0 Å². The van der Waals surface area contributed by atoms with E-state index in [0.717, 1.165) is 18.2 Å². The number of anilines is 1. The zero-order valence-corrected chi connectivity index (χ0v) is 11.5. The molecule has 2 rings (SSSR count). The first kappa shape index (κ1) is 13.5. The van der Waals surface area contributed by atoms with E-state index in [9.17, 15) is 0 Å². The number of aromatic amines is 1. The number of rotatable bonds is 6. The van der Waals surface area contributed by atoms with Crippen molar-refractivity contribution in [3.05, 3.63) is 42.1 Å². The molecule has 0 amide bonds. The second kappa shape index (κ2) is 5.84. The van der Waals surface area contributed by atoms with E-state index in [-0.39, 0.29) is 5.41 Å². The molecule has 0 spiro atoms. The Morgan fingerprint density at radius 2 is 2.21 bits per heavy atom. The first-order chi connectivity index (χ1) is 9.12. The van der Waals surface area contributed by atoms with Gasteiger partial charge in [-0.1, -0.05) is 13.8 Å². The summed E-state index contributed by atoms with van der Waals surface area (Å²) in [7, 11) is 0. The lowest BCUT2D eigenvalue weighted by atomic mass is 9.86. The van der Waals surface area contributed by atoms with Crippen LogP contribution in [0.25, 0.3) is 0 Å². The largest absolute Gasteiger partial charge is 0.369 e. The van der Waals surface area contributed by atoms with Crippen LogP contribution in [-0.4, -0.2) is 28.0 Å². The number of H-pyrrole nitrogens is 1. The molecule has 5 nitrogen and oxygen atoms in total. The van der Waals surface area contributed by atoms with Gasteiger partial charge in [-0.3, -0.25) is 0 Å². The maximum absolute atomic E-state index is 5.51. The fourth-order valence-electron chi connectivity index (χ4n) is 1.91. The van der Waals surface area contributed by atoms with Gasteiger partial charge in [-0.05, 0) is 24.2 Å². The van der Waals surface area contributed by atoms with Crippen molar-refractivity contribution in [2.24, 2.45) is 5.73 Å². The van der Waals surface area contributed by atoms with E-state index in [1.54, 1.807) is 6.20 Å². The Balaban J connectivity index is 2.00. The summed E-state index contributed by atoms with van der Waals surface area (Å²) in [5.41, 5.74) is 6.83. The summed E-state index contributed by atoms with van der Waals surface area (Å²) in [5, 5.41) is 3.37. The number of nitrogens with two attached hydrogens (primary N) is 1. The predicted molar refractivity (Wildman–Crippen MR) is 77.1 cm³/mol. The lowest BCUT2D eigenvalue weighted by Crippen LogP contribution is -2.27. The van der Waals surface area contributed by atoms with E-state index < -0.39 is 0 Å². The highest BCUT2D eigenvalue weighted by atomic mass is 15.0. The van der Waals surface area contributed by atoms with Gasteiger partial charge in [0.25, 0.3) is 0 Å². The summed E-state index contributed by atoms with van der Waals surface area (Å²) >= 11 is 0. The van der Waals surface area contributed by atoms with Crippen LogP contribution >= 0.6 is 0 Å². The van der Waals surface area contributed by atoms with Crippen molar-refractivity contribution in [1.82, 2.24) is 15.0 Å². The van der Waals surface area contributed by atoms with Crippen LogP contribution in [0.4, 0.5) is 5.82 Å². The van der Waals surface area contributed by atoms with Gasteiger partial charge in [-0.25, -0.2) is 9.97 Å². The first-order valence-electron chi connectivity index (χ1n) is 6.51. The SMILES string of the molecule is CC(C)(CNc1ccnc(CCN)n1)c1cc[nH]c1. The molecule has 0 aliphatic heterocycles. The van der Waals surface area contributed by atoms with Crippen LogP contribution in [0.15, 0.2) is 30.7 Å². The van der Waals surface area contributed by atoms with E-state index in [2.05, 4.69) is 40.2 Å². The van der Waals surface area contributed by atoms with Crippen LogP contribution in [0.1, 0.15) is 25.2 Å². The molecular weight excluding hydrogens is 238 g/mol. The fourth-order valence-corrected chi connectivity index (χ4v) is 1.91. The van der Waals surface area contributed by atoms with Gasteiger partial charge in [0.2, 0.25) is 0 Å². The molecule has 0 saturated heterocycles. The Labute approximate surface area is 113 Å². The smallest absolute Gasteiger partial charge is 0.131 e. The van der Waals surface area contributed by atoms with Gasteiger partial charge >= 0.3 is 0 Å². The molecule has 0 fully saturated rings. The van der Waals surface area contributed by atoms with Crippen LogP contribution in [-0.2, 0) is 11.8 Å². The Kier molecular flexibility index (Phi) is 4.16. The maximum atomic E-state index is 5.51. The highest BCUT2D eigenvalue weighted by Crippen LogP contribution is 2.22. The minimum atomic E-state index is 0.0407. The summed E-state index contributed by atoms with van der Waals surface area (Å²) in [6, 6.07) is 3.98. The molecule has 0 radical (unpaired) electrons. The van der Waals surface area contributed by atoms with Crippen LogP contribution in [0.3, 0.4) is 0 Å². The fraction of sp³-hybridized carbons (Fsp3) is 0.429. The van der Waals surface area contributed by atoms with E-state index in [0.29, 0.717) is 13.0 Å². The average molecular weight is 259 g/mol. The minimum absolute atomic E-state index is 0.0407. The Morgan fingerprint density at radius 3 is 2.89 bits per heavy atom. The molecule has 4 N–H and O–H groups in total. The van der Waals surface area contributed by atoms with Crippen molar-refractivity contribution >= 4 is 5.82 Å². The van der Waals surface area contributed by atoms with Crippen LogP contribution in [0.2, 0.25) is 0 Å². The lowest BCUT2D eigenvalue weighted by molar-refractivity contribution is 0.556. The predicted octanol–water partition coefficient (Wildman–Crippen LogP) is 1.70. The monoisotopic (exact) mass is 259 g/mol. The topological polar surface area (TPSA) is 79.6 Å². The highest BCUT2D eigenvalue weighted by molar-refractivity contribution is 5.35. The Bertz CT molecular complexity index is 504. The first-order valence-corrected chi connectivity index (χ1v) is 6.51. The summed E-state index contributed by atoms with van der Waals surface area (Å²) in [6.45, 7) is 5.78. The zero-order valence-electron chi connectivity index (χ0n) is 11.5. The number of hydrogen-bond acceptors (Lipinski definition) is 4. The maximum Gasteiger partial charge on any atom is 0.131 e. The average Bonchev–Trinajstić information content (AvgIpc) is 2.92. The van der Waals surface area contributed by atoms with E-state index >= 15 is 0 Å². The quantitative estimate of drug-likeness (QED) is 0.737. The Morgan fingerprint density at radius 1 is 1.37 bits per heavy atom. The molecule has 5 heteroatoms. The Hall–Kier alpha value is -1.88. The second-order valence-electron chi connectivity index (χ2n) is 5.23. The molecule has 0 aliphatic carbocycles. The molecule has 0 atom stereocenters. The number of nitrogens with one attached hydrogen (secondary N) is 2. The molecule has 19 heavy (non-hydrogen) atoms. The van der Waals surface area contributed by atoms with Crippen molar-refractivity contribution in [2.75, 3.05) is 18.4 Å². The van der Waals surface area contributed by atoms with Gasteiger partial charge in [0.05, 0.1) is 0 Å². The summed E-state index contributed by atoms with van der Waals surface area (Å²) in [5.74, 6) is 1.63. The van der Waals surface area contributed by atoms with Crippen molar-refractivity contribution in [1.29, 1.82) is 0 Å². The minimum Gasteiger partial charge on any atom is -0.369 e. The van der Waals surface area contributed by atoms with Gasteiger partial charge < -0.3 is 16.0 Å². The molecular formula is C14H21N5. The molecule has 0 aromatic carbocycles. The zero-order chi connectivity index (χ0) is 13.7. The molecule has 0 bridgehead atoms. The normalized spacial score (nSPS) is 11.5. The molecule has 0 unspecified atom stereocenters. The third-order valence-corrected chi connectivity index (χ3v) is 3.16. The summed E-state index contributed by atoms with van der Waals surface area (Å²) < 4.78 is 0. The van der Waals surface area contributed by atoms with Gasteiger partial charge in [0, 0.05) is 37.0 Å². The third-order valence-electron chi connectivity index (χ3n) is 3.16. The van der Waals surface area contributed by atoms with Gasteiger partial charge in [-0.15, -0.1) is 0 Å². The van der Waals surface area contributed by atoms with Crippen LogP contribution < -0.4 is 11.1 Å². The number of nitrogens with zero attached hydrogens (tertiary/aromatic N) is 2. The van der Waals surface area contributed by atoms with Gasteiger partial charge in [0.15, 0.2) is 0 Å². The second-order valence-corrected chi connectivity index (χ2v) is 5.23. The van der Waals surface area contributed by atoms with Crippen molar-refractivity contribution in [3.63, 3.8) is 0 Å². The van der Waals surface area contributed by atoms with Gasteiger partial charge in [0.1, 0.15) is 11.6 Å². The number of aromatic nitrogens is 3. The standard InChI is InChI=1S/C14H21N5/c1-14(2,11-4-7-16-9-11)10-18-13-5-8-17-12(19-13)3-6-15/h4-5,7-9,16H,3,6,10,15H2,1-2H3,(H,17,18,19). The third kappa shape index (κ3) is 3.54. The molecule has 2 aromatic heterocycles. The summed E-state index contributed by atoms with van der Waals surface area (Å²) in [6.07, 6.45) is 6.45. The number of hydrogen-bond donors (Lipinski definition) is 3. The highest BCUT2D eigenvalue weighted by Gasteiger charge is 2.20. The van der Waals surface area contributed by atoms with E-state index in [4.69, 9.17) is 5.73 Å². The van der Waals surface area contributed by atoms with E-state index in [1.807, 2.05) is 18.5 Å². The van der Waals surface area contributed by atoms with Crippen molar-refractivity contribution in [2.45, 2.75) is 25.7 Å². The molecule has 2 aromatic rings.